The van der Waals surface area contributed by atoms with Crippen LogP contribution in [0.4, 0.5) is 4.79 Å². The molecule has 5 amide bonds. The van der Waals surface area contributed by atoms with Crippen molar-refractivity contribution in [3.05, 3.63) is 35.9 Å². The Morgan fingerprint density at radius 2 is 1.52 bits per heavy atom. The number of benzene rings is 1. The van der Waals surface area contributed by atoms with Crippen LogP contribution in [0.25, 0.3) is 0 Å². The van der Waals surface area contributed by atoms with Crippen LogP contribution in [0.1, 0.15) is 107 Å². The van der Waals surface area contributed by atoms with Crippen molar-refractivity contribution in [3.8, 4) is 0 Å². The van der Waals surface area contributed by atoms with Gasteiger partial charge < -0.3 is 44.7 Å². The van der Waals surface area contributed by atoms with Gasteiger partial charge in [-0.25, -0.2) is 9.59 Å². The Hall–Kier alpha value is -4.28. The molecule has 1 aliphatic heterocycles. The Labute approximate surface area is 383 Å². The summed E-state index contributed by atoms with van der Waals surface area (Å²) in [6, 6.07) is 6.11. The molecule has 9 unspecified atom stereocenters. The number of hydrogen-bond acceptors (Lipinski definition) is 11. The number of nitrogens with one attached hydrogen (secondary N) is 3. The van der Waals surface area contributed by atoms with Crippen LogP contribution in [0, 0.1) is 23.7 Å². The summed E-state index contributed by atoms with van der Waals surface area (Å²) in [4.78, 5) is 86.9. The molecule has 16 nitrogen and oxygen atoms in total. The lowest BCUT2D eigenvalue weighted by Crippen LogP contribution is -2.60. The molecule has 0 bridgehead atoms. The van der Waals surface area contributed by atoms with Crippen molar-refractivity contribution < 1.29 is 47.7 Å². The predicted molar refractivity (Wildman–Crippen MR) is 247 cm³/mol. The van der Waals surface area contributed by atoms with Crippen LogP contribution in [0.2, 0.25) is 0 Å². The number of hydrogen-bond donors (Lipinski definition) is 3. The molecular weight excluding hydrogens is 821 g/mol. The Morgan fingerprint density at radius 1 is 0.875 bits per heavy atom. The molecule has 364 valence electrons. The topological polar surface area (TPSA) is 185 Å². The van der Waals surface area contributed by atoms with Gasteiger partial charge in [-0.05, 0) is 70.4 Å². The molecule has 0 saturated carbocycles. The number of carbonyl (C=O) groups is 6. The van der Waals surface area contributed by atoms with Gasteiger partial charge in [-0.15, -0.1) is 0 Å². The Bertz CT molecular complexity index is 1640. The van der Waals surface area contributed by atoms with E-state index in [1.54, 1.807) is 51.7 Å². The molecule has 1 aromatic carbocycles. The van der Waals surface area contributed by atoms with Crippen LogP contribution in [0.3, 0.4) is 0 Å². The highest BCUT2D eigenvalue weighted by Gasteiger charge is 2.43. The fourth-order valence-corrected chi connectivity index (χ4v) is 8.75. The van der Waals surface area contributed by atoms with Crippen molar-refractivity contribution >= 4 is 35.7 Å². The average molecular weight is 903 g/mol. The first-order chi connectivity index (χ1) is 30.0. The molecule has 16 heteroatoms. The molecular formula is C48H82N6O10. The molecule has 0 spiro atoms. The number of ether oxygens (including phenoxy) is 4. The lowest BCUT2D eigenvalue weighted by Gasteiger charge is -2.41. The van der Waals surface area contributed by atoms with E-state index < -0.39 is 71.9 Å². The zero-order valence-electron chi connectivity index (χ0n) is 41.5. The maximum absolute atomic E-state index is 14.6. The van der Waals surface area contributed by atoms with Crippen LogP contribution in [0.15, 0.2) is 30.3 Å². The fraction of sp³-hybridized carbons (Fsp3) is 0.750. The van der Waals surface area contributed by atoms with Crippen molar-refractivity contribution in [2.45, 2.75) is 156 Å². The van der Waals surface area contributed by atoms with Gasteiger partial charge in [0.1, 0.15) is 17.7 Å². The lowest BCUT2D eigenvalue weighted by molar-refractivity contribution is -0.149. The standard InChI is InChI=1S/C48H82N6O10/c1-16-32(6)41(53(12)45(58)39(30(2)3)51-44(57)40(31(4)5)52(11)26-21-25-49-47(60)64-48(8,9)10)37(61-13)29-38(55)54-27-20-24-36(54)42(62-14)33(7)43(56)50-35(46(59)63-15)28-34-22-18-17-19-23-34/h17-19,22-23,30-33,35-37,39-42H,16,20-21,24-29H2,1-15H3,(H,49,60)(H,50,56)(H,51,57). The van der Waals surface area contributed by atoms with E-state index in [4.69, 9.17) is 18.9 Å². The van der Waals surface area contributed by atoms with E-state index in [0.717, 1.165) is 5.56 Å². The smallest absolute Gasteiger partial charge is 0.407 e. The third kappa shape index (κ3) is 16.6. The third-order valence-corrected chi connectivity index (χ3v) is 12.3. The number of amides is 5. The highest BCUT2D eigenvalue weighted by atomic mass is 16.6. The molecule has 0 aromatic heterocycles. The van der Waals surface area contributed by atoms with E-state index in [1.165, 1.54) is 14.2 Å². The van der Waals surface area contributed by atoms with Gasteiger partial charge in [-0.1, -0.05) is 85.2 Å². The zero-order valence-corrected chi connectivity index (χ0v) is 41.5. The number of nitrogens with zero attached hydrogens (tertiary/aromatic N) is 3. The van der Waals surface area contributed by atoms with Gasteiger partial charge >= 0.3 is 12.1 Å². The molecule has 0 radical (unpaired) electrons. The lowest BCUT2D eigenvalue weighted by atomic mass is 9.89. The fourth-order valence-electron chi connectivity index (χ4n) is 8.75. The molecule has 1 saturated heterocycles. The average Bonchev–Trinajstić information content (AvgIpc) is 3.72. The first-order valence-electron chi connectivity index (χ1n) is 23.0. The van der Waals surface area contributed by atoms with Gasteiger partial charge in [0.05, 0.1) is 49.8 Å². The van der Waals surface area contributed by atoms with Crippen LogP contribution >= 0.6 is 0 Å². The third-order valence-electron chi connectivity index (χ3n) is 12.3. The maximum Gasteiger partial charge on any atom is 0.407 e. The molecule has 3 N–H and O–H groups in total. The molecule has 64 heavy (non-hydrogen) atoms. The maximum atomic E-state index is 14.6. The summed E-state index contributed by atoms with van der Waals surface area (Å²) >= 11 is 0. The second-order valence-electron chi connectivity index (χ2n) is 19.0. The number of likely N-dealkylation sites (N-methyl/N-ethyl adjacent to an activating group) is 2. The van der Waals surface area contributed by atoms with Crippen molar-refractivity contribution in [2.24, 2.45) is 23.7 Å². The first-order valence-corrected chi connectivity index (χ1v) is 23.0. The van der Waals surface area contributed by atoms with Gasteiger partial charge in [0.2, 0.25) is 23.6 Å². The zero-order chi connectivity index (χ0) is 48.5. The number of alkyl carbamates (subject to hydrolysis) is 1. The minimum atomic E-state index is -0.909. The Morgan fingerprint density at radius 3 is 2.05 bits per heavy atom. The van der Waals surface area contributed by atoms with Gasteiger partial charge in [0, 0.05) is 47.3 Å². The minimum absolute atomic E-state index is 0.0279. The summed E-state index contributed by atoms with van der Waals surface area (Å²) in [6.45, 7) is 20.2. The molecule has 1 aromatic rings. The quantitative estimate of drug-likeness (QED) is 0.0904. The van der Waals surface area contributed by atoms with Crippen LogP contribution in [-0.4, -0.2) is 153 Å². The number of esters is 1. The van der Waals surface area contributed by atoms with E-state index >= 15 is 0 Å². The van der Waals surface area contributed by atoms with Crippen molar-refractivity contribution in [2.75, 3.05) is 55.1 Å². The molecule has 1 aliphatic rings. The van der Waals surface area contributed by atoms with E-state index in [1.807, 2.05) is 83.8 Å². The Balaban J connectivity index is 2.24. The van der Waals surface area contributed by atoms with E-state index in [2.05, 4.69) is 16.0 Å². The highest BCUT2D eigenvalue weighted by Crippen LogP contribution is 2.30. The SMILES string of the molecule is CCC(C)C(C(CC(=O)N1CCCC1C(OC)C(C)C(=O)NC(Cc1ccccc1)C(=O)OC)OC)N(C)C(=O)C(NC(=O)C(C(C)C)N(C)CCCNC(=O)OC(C)(C)C)C(C)C. The van der Waals surface area contributed by atoms with Gasteiger partial charge in [-0.2, -0.15) is 0 Å². The molecule has 9 atom stereocenters. The number of methoxy groups -OCH3 is 3. The van der Waals surface area contributed by atoms with Crippen LogP contribution < -0.4 is 16.0 Å². The number of rotatable bonds is 25. The summed E-state index contributed by atoms with van der Waals surface area (Å²) in [6.07, 6.45) is 0.968. The van der Waals surface area contributed by atoms with Crippen molar-refractivity contribution in [1.82, 2.24) is 30.7 Å². The number of carbonyl (C=O) groups excluding carboxylic acids is 6. The predicted octanol–water partition coefficient (Wildman–Crippen LogP) is 4.82. The minimum Gasteiger partial charge on any atom is -0.467 e. The largest absolute Gasteiger partial charge is 0.467 e. The monoisotopic (exact) mass is 903 g/mol. The molecule has 2 rings (SSSR count). The summed E-state index contributed by atoms with van der Waals surface area (Å²) < 4.78 is 22.4. The van der Waals surface area contributed by atoms with Gasteiger partial charge in [0.15, 0.2) is 0 Å². The first kappa shape index (κ1) is 55.9. The van der Waals surface area contributed by atoms with Crippen molar-refractivity contribution in [1.29, 1.82) is 0 Å². The molecule has 1 fully saturated rings. The van der Waals surface area contributed by atoms with Crippen LogP contribution in [0.5, 0.6) is 0 Å². The summed E-state index contributed by atoms with van der Waals surface area (Å²) in [5.41, 5.74) is 0.261. The van der Waals surface area contributed by atoms with Crippen LogP contribution in [-0.2, 0) is 49.3 Å². The normalized spacial score (nSPS) is 18.0. The summed E-state index contributed by atoms with van der Waals surface area (Å²) in [7, 11) is 7.91. The van der Waals surface area contributed by atoms with Gasteiger partial charge in [0.25, 0.3) is 0 Å². The van der Waals surface area contributed by atoms with E-state index in [-0.39, 0.29) is 48.3 Å². The molecule has 1 heterocycles. The molecule has 0 aliphatic carbocycles. The second-order valence-corrected chi connectivity index (χ2v) is 19.0. The highest BCUT2D eigenvalue weighted by molar-refractivity contribution is 5.90. The van der Waals surface area contributed by atoms with E-state index in [0.29, 0.717) is 45.3 Å². The second kappa shape index (κ2) is 26.6. The summed E-state index contributed by atoms with van der Waals surface area (Å²) in [5.74, 6) is -2.84. The van der Waals surface area contributed by atoms with E-state index in [9.17, 15) is 28.8 Å². The number of likely N-dealkylation sites (tertiary alicyclic amines) is 1. The van der Waals surface area contributed by atoms with Crippen molar-refractivity contribution in [3.63, 3.8) is 0 Å². The van der Waals surface area contributed by atoms with Gasteiger partial charge in [-0.3, -0.25) is 24.1 Å². The Kier molecular flexibility index (Phi) is 23.2. The summed E-state index contributed by atoms with van der Waals surface area (Å²) in [5, 5.41) is 8.70.